The molecule has 21 heavy (non-hydrogen) atoms. The molecule has 3 atom stereocenters. The van der Waals surface area contributed by atoms with Gasteiger partial charge in [-0.2, -0.15) is 0 Å². The van der Waals surface area contributed by atoms with Gasteiger partial charge >= 0.3 is 0 Å². The quantitative estimate of drug-likeness (QED) is 0.745. The molecule has 0 aromatic rings. The van der Waals surface area contributed by atoms with Crippen molar-refractivity contribution >= 4 is 0 Å². The van der Waals surface area contributed by atoms with Gasteiger partial charge in [-0.1, -0.05) is 13.8 Å². The number of likely N-dealkylation sites (tertiary alicyclic amines) is 1. The Balaban J connectivity index is 1.54. The van der Waals surface area contributed by atoms with E-state index in [2.05, 4.69) is 29.0 Å². The first kappa shape index (κ1) is 15.7. The Morgan fingerprint density at radius 1 is 1.19 bits per heavy atom. The molecule has 3 aliphatic rings. The van der Waals surface area contributed by atoms with Gasteiger partial charge in [-0.3, -0.25) is 9.80 Å². The standard InChI is InChI=1S/C17H33N3O/c1-3-19(4-2)16-8-10-20(12-16)15-7-9-17(11-15,13-21)18-14-5-6-14/h14-16,18,21H,3-13H2,1-2H3. The van der Waals surface area contributed by atoms with Crippen molar-refractivity contribution in [3.8, 4) is 0 Å². The van der Waals surface area contributed by atoms with Crippen LogP contribution in [0.25, 0.3) is 0 Å². The van der Waals surface area contributed by atoms with Crippen LogP contribution in [0.2, 0.25) is 0 Å². The summed E-state index contributed by atoms with van der Waals surface area (Å²) >= 11 is 0. The smallest absolute Gasteiger partial charge is 0.0614 e. The lowest BCUT2D eigenvalue weighted by molar-refractivity contribution is 0.143. The van der Waals surface area contributed by atoms with Crippen molar-refractivity contribution in [1.29, 1.82) is 0 Å². The molecule has 122 valence electrons. The fraction of sp³-hybridized carbons (Fsp3) is 1.00. The Morgan fingerprint density at radius 3 is 2.57 bits per heavy atom. The number of nitrogens with zero attached hydrogens (tertiary/aromatic N) is 2. The maximum atomic E-state index is 9.88. The van der Waals surface area contributed by atoms with E-state index in [0.29, 0.717) is 18.7 Å². The van der Waals surface area contributed by atoms with Crippen LogP contribution in [0.4, 0.5) is 0 Å². The molecule has 0 radical (unpaired) electrons. The average Bonchev–Trinajstić information content (AvgIpc) is 3.02. The third kappa shape index (κ3) is 3.44. The zero-order valence-corrected chi connectivity index (χ0v) is 13.9. The van der Waals surface area contributed by atoms with Crippen LogP contribution >= 0.6 is 0 Å². The van der Waals surface area contributed by atoms with Crippen molar-refractivity contribution in [2.24, 2.45) is 0 Å². The summed E-state index contributed by atoms with van der Waals surface area (Å²) in [6.45, 7) is 9.69. The lowest BCUT2D eigenvalue weighted by Gasteiger charge is -2.31. The van der Waals surface area contributed by atoms with Crippen LogP contribution in [0, 0.1) is 0 Å². The lowest BCUT2D eigenvalue weighted by Crippen LogP contribution is -2.49. The minimum atomic E-state index is 0.0269. The van der Waals surface area contributed by atoms with E-state index in [4.69, 9.17) is 0 Å². The van der Waals surface area contributed by atoms with Crippen molar-refractivity contribution in [2.75, 3.05) is 32.8 Å². The molecule has 1 aliphatic heterocycles. The molecule has 4 nitrogen and oxygen atoms in total. The topological polar surface area (TPSA) is 38.7 Å². The second-order valence-corrected chi connectivity index (χ2v) is 7.41. The molecule has 3 fully saturated rings. The summed E-state index contributed by atoms with van der Waals surface area (Å²) in [5.74, 6) is 0. The van der Waals surface area contributed by atoms with E-state index in [1.807, 2.05) is 0 Å². The Bertz CT molecular complexity index is 343. The number of aliphatic hydroxyl groups excluding tert-OH is 1. The molecule has 1 heterocycles. The molecule has 0 aromatic carbocycles. The highest BCUT2D eigenvalue weighted by Crippen LogP contribution is 2.37. The Labute approximate surface area is 129 Å². The fourth-order valence-electron chi connectivity index (χ4n) is 4.53. The monoisotopic (exact) mass is 295 g/mol. The fourth-order valence-corrected chi connectivity index (χ4v) is 4.53. The molecule has 0 bridgehead atoms. The molecule has 2 N–H and O–H groups in total. The van der Waals surface area contributed by atoms with Crippen molar-refractivity contribution in [1.82, 2.24) is 15.1 Å². The number of hydrogen-bond acceptors (Lipinski definition) is 4. The van der Waals surface area contributed by atoms with E-state index < -0.39 is 0 Å². The molecule has 0 amide bonds. The van der Waals surface area contributed by atoms with Gasteiger partial charge in [0.2, 0.25) is 0 Å². The van der Waals surface area contributed by atoms with Crippen LogP contribution in [-0.4, -0.2) is 71.4 Å². The molecule has 3 rings (SSSR count). The molecular weight excluding hydrogens is 262 g/mol. The Hall–Kier alpha value is -0.160. The minimum Gasteiger partial charge on any atom is -0.394 e. The van der Waals surface area contributed by atoms with Crippen LogP contribution in [-0.2, 0) is 0 Å². The lowest BCUT2D eigenvalue weighted by atomic mass is 9.98. The molecule has 1 saturated heterocycles. The van der Waals surface area contributed by atoms with Crippen molar-refractivity contribution < 1.29 is 5.11 Å². The van der Waals surface area contributed by atoms with Crippen LogP contribution < -0.4 is 5.32 Å². The highest BCUT2D eigenvalue weighted by atomic mass is 16.3. The van der Waals surface area contributed by atoms with Gasteiger partial charge in [-0.25, -0.2) is 0 Å². The second kappa shape index (κ2) is 6.53. The van der Waals surface area contributed by atoms with Gasteiger partial charge in [0, 0.05) is 36.8 Å². The third-order valence-corrected chi connectivity index (χ3v) is 6.01. The zero-order chi connectivity index (χ0) is 14.9. The molecule has 0 aromatic heterocycles. The zero-order valence-electron chi connectivity index (χ0n) is 13.9. The maximum absolute atomic E-state index is 9.88. The van der Waals surface area contributed by atoms with Gasteiger partial charge in [0.25, 0.3) is 0 Å². The summed E-state index contributed by atoms with van der Waals surface area (Å²) in [5, 5.41) is 13.6. The second-order valence-electron chi connectivity index (χ2n) is 7.41. The van der Waals surface area contributed by atoms with Gasteiger partial charge in [0.1, 0.15) is 0 Å². The van der Waals surface area contributed by atoms with Crippen LogP contribution in [0.1, 0.15) is 52.4 Å². The number of rotatable bonds is 7. The highest BCUT2D eigenvalue weighted by molar-refractivity contribution is 5.04. The average molecular weight is 295 g/mol. The SMILES string of the molecule is CCN(CC)C1CCN(C2CCC(CO)(NC3CC3)C2)C1. The summed E-state index contributed by atoms with van der Waals surface area (Å²) in [5.41, 5.74) is 0.0269. The van der Waals surface area contributed by atoms with Gasteiger partial charge in [0.05, 0.1) is 6.61 Å². The number of aliphatic hydroxyl groups is 1. The van der Waals surface area contributed by atoms with E-state index in [9.17, 15) is 5.11 Å². The minimum absolute atomic E-state index is 0.0269. The number of hydrogen-bond donors (Lipinski definition) is 2. The van der Waals surface area contributed by atoms with Crippen molar-refractivity contribution in [3.63, 3.8) is 0 Å². The highest BCUT2D eigenvalue weighted by Gasteiger charge is 2.44. The summed E-state index contributed by atoms with van der Waals surface area (Å²) in [7, 11) is 0. The molecule has 4 heteroatoms. The first-order chi connectivity index (χ1) is 10.2. The molecular formula is C17H33N3O. The molecule has 0 spiro atoms. The Morgan fingerprint density at radius 2 is 1.95 bits per heavy atom. The van der Waals surface area contributed by atoms with Gasteiger partial charge in [-0.05, 0) is 51.6 Å². The molecule has 3 unspecified atom stereocenters. The predicted molar refractivity (Wildman–Crippen MR) is 86.5 cm³/mol. The van der Waals surface area contributed by atoms with Gasteiger partial charge in [-0.15, -0.1) is 0 Å². The van der Waals surface area contributed by atoms with E-state index >= 15 is 0 Å². The summed E-state index contributed by atoms with van der Waals surface area (Å²) in [6, 6.07) is 2.13. The predicted octanol–water partition coefficient (Wildman–Crippen LogP) is 1.44. The normalized spacial score (nSPS) is 37.7. The Kier molecular flexibility index (Phi) is 4.89. The van der Waals surface area contributed by atoms with Gasteiger partial charge < -0.3 is 10.4 Å². The summed E-state index contributed by atoms with van der Waals surface area (Å²) in [6.07, 6.45) is 7.48. The van der Waals surface area contributed by atoms with Gasteiger partial charge in [0.15, 0.2) is 0 Å². The van der Waals surface area contributed by atoms with Crippen molar-refractivity contribution in [3.05, 3.63) is 0 Å². The largest absolute Gasteiger partial charge is 0.394 e. The molecule has 2 saturated carbocycles. The molecule has 2 aliphatic carbocycles. The first-order valence-electron chi connectivity index (χ1n) is 9.06. The summed E-state index contributed by atoms with van der Waals surface area (Å²) in [4.78, 5) is 5.31. The number of likely N-dealkylation sites (N-methyl/N-ethyl adjacent to an activating group) is 1. The van der Waals surface area contributed by atoms with E-state index in [0.717, 1.165) is 18.9 Å². The third-order valence-electron chi connectivity index (χ3n) is 6.01. The number of nitrogens with one attached hydrogen (secondary N) is 1. The van der Waals surface area contributed by atoms with Crippen LogP contribution in [0.3, 0.4) is 0 Å². The van der Waals surface area contributed by atoms with Crippen molar-refractivity contribution in [2.45, 2.75) is 76.0 Å². The van der Waals surface area contributed by atoms with E-state index in [-0.39, 0.29) is 5.54 Å². The van der Waals surface area contributed by atoms with E-state index in [1.165, 1.54) is 51.9 Å². The summed E-state index contributed by atoms with van der Waals surface area (Å²) < 4.78 is 0. The first-order valence-corrected chi connectivity index (χ1v) is 9.06. The van der Waals surface area contributed by atoms with Crippen LogP contribution in [0.15, 0.2) is 0 Å². The van der Waals surface area contributed by atoms with Crippen LogP contribution in [0.5, 0.6) is 0 Å². The van der Waals surface area contributed by atoms with E-state index in [1.54, 1.807) is 0 Å². The maximum Gasteiger partial charge on any atom is 0.0614 e.